The second-order valence-electron chi connectivity index (χ2n) is 7.40. The fraction of sp³-hybridized carbons (Fsp3) is 0.647. The first kappa shape index (κ1) is 15.6. The van der Waals surface area contributed by atoms with Crippen LogP contribution in [0.2, 0.25) is 18.1 Å². The number of hydrogen-bond acceptors (Lipinski definition) is 2. The van der Waals surface area contributed by atoms with E-state index in [1.54, 1.807) is 0 Å². The zero-order chi connectivity index (χ0) is 15.0. The normalized spacial score (nSPS) is 19.4. The molecule has 1 aromatic rings. The average molecular weight is 292 g/mol. The summed E-state index contributed by atoms with van der Waals surface area (Å²) in [4.78, 5) is 0. The van der Waals surface area contributed by atoms with E-state index < -0.39 is 8.32 Å². The molecule has 0 aliphatic carbocycles. The van der Waals surface area contributed by atoms with Gasteiger partial charge in [0, 0.05) is 0 Å². The van der Waals surface area contributed by atoms with Crippen molar-refractivity contribution < 1.29 is 9.16 Å². The monoisotopic (exact) mass is 292 g/mol. The van der Waals surface area contributed by atoms with Crippen LogP contribution in [0.4, 0.5) is 0 Å². The van der Waals surface area contributed by atoms with Crippen molar-refractivity contribution in [1.29, 1.82) is 0 Å². The second kappa shape index (κ2) is 5.53. The van der Waals surface area contributed by atoms with Crippen LogP contribution in [0, 0.1) is 6.92 Å². The lowest BCUT2D eigenvalue weighted by Gasteiger charge is -2.38. The topological polar surface area (TPSA) is 18.5 Å². The summed E-state index contributed by atoms with van der Waals surface area (Å²) in [6.45, 7) is 14.3. The molecule has 1 heterocycles. The highest BCUT2D eigenvalue weighted by Gasteiger charge is 2.38. The minimum atomic E-state index is -1.67. The molecule has 1 aromatic carbocycles. The number of benzene rings is 1. The SMILES string of the molecule is Cc1cccc2c1CC[C@H](CO[Si](C)(C)C(C)(C)C)O2. The number of ether oxygens (including phenoxy) is 1. The summed E-state index contributed by atoms with van der Waals surface area (Å²) in [6.07, 6.45) is 2.37. The van der Waals surface area contributed by atoms with E-state index in [-0.39, 0.29) is 11.1 Å². The molecule has 0 saturated carbocycles. The highest BCUT2D eigenvalue weighted by Crippen LogP contribution is 2.37. The molecule has 2 nitrogen and oxygen atoms in total. The lowest BCUT2D eigenvalue weighted by molar-refractivity contribution is 0.102. The Labute approximate surface area is 124 Å². The van der Waals surface area contributed by atoms with Crippen LogP contribution in [0.3, 0.4) is 0 Å². The van der Waals surface area contributed by atoms with Crippen LogP contribution in [-0.4, -0.2) is 21.0 Å². The van der Waals surface area contributed by atoms with Crippen LogP contribution < -0.4 is 4.74 Å². The minimum absolute atomic E-state index is 0.207. The van der Waals surface area contributed by atoms with Gasteiger partial charge in [-0.05, 0) is 55.1 Å². The van der Waals surface area contributed by atoms with E-state index in [4.69, 9.17) is 9.16 Å². The number of aryl methyl sites for hydroxylation is 1. The summed E-state index contributed by atoms with van der Waals surface area (Å²) in [5, 5.41) is 0.260. The van der Waals surface area contributed by atoms with E-state index in [1.807, 2.05) is 0 Å². The molecule has 1 atom stereocenters. The van der Waals surface area contributed by atoms with Gasteiger partial charge < -0.3 is 9.16 Å². The molecule has 0 saturated heterocycles. The maximum atomic E-state index is 6.29. The van der Waals surface area contributed by atoms with Gasteiger partial charge in [-0.2, -0.15) is 0 Å². The van der Waals surface area contributed by atoms with Gasteiger partial charge in [-0.15, -0.1) is 0 Å². The Morgan fingerprint density at radius 1 is 1.30 bits per heavy atom. The third kappa shape index (κ3) is 3.26. The Hall–Kier alpha value is -0.803. The summed E-state index contributed by atoms with van der Waals surface area (Å²) in [5.41, 5.74) is 2.71. The van der Waals surface area contributed by atoms with Crippen molar-refractivity contribution in [1.82, 2.24) is 0 Å². The van der Waals surface area contributed by atoms with E-state index in [9.17, 15) is 0 Å². The molecule has 112 valence electrons. The van der Waals surface area contributed by atoms with Crippen molar-refractivity contribution in [3.63, 3.8) is 0 Å². The minimum Gasteiger partial charge on any atom is -0.488 e. The molecular weight excluding hydrogens is 264 g/mol. The summed E-state index contributed by atoms with van der Waals surface area (Å²) >= 11 is 0. The van der Waals surface area contributed by atoms with Crippen LogP contribution in [0.5, 0.6) is 5.75 Å². The number of fused-ring (bicyclic) bond motifs is 1. The number of hydrogen-bond donors (Lipinski definition) is 0. The molecule has 3 heteroatoms. The third-order valence-electron chi connectivity index (χ3n) is 4.81. The van der Waals surface area contributed by atoms with Crippen LogP contribution in [0.1, 0.15) is 38.3 Å². The van der Waals surface area contributed by atoms with Gasteiger partial charge >= 0.3 is 0 Å². The molecule has 2 rings (SSSR count). The summed E-state index contributed by atoms with van der Waals surface area (Å²) in [5.74, 6) is 1.06. The molecular formula is C17H28O2Si. The van der Waals surface area contributed by atoms with Gasteiger partial charge in [0.25, 0.3) is 0 Å². The zero-order valence-corrected chi connectivity index (χ0v) is 14.7. The second-order valence-corrected chi connectivity index (χ2v) is 12.2. The largest absolute Gasteiger partial charge is 0.488 e. The quantitative estimate of drug-likeness (QED) is 0.751. The molecule has 0 N–H and O–H groups in total. The molecule has 0 aromatic heterocycles. The van der Waals surface area contributed by atoms with Gasteiger partial charge in [0.15, 0.2) is 8.32 Å². The predicted octanol–water partition coefficient (Wildman–Crippen LogP) is 4.71. The van der Waals surface area contributed by atoms with Crippen molar-refractivity contribution >= 4 is 8.32 Å². The Bertz CT molecular complexity index is 474. The van der Waals surface area contributed by atoms with Crippen molar-refractivity contribution in [3.05, 3.63) is 29.3 Å². The van der Waals surface area contributed by atoms with E-state index >= 15 is 0 Å². The Morgan fingerprint density at radius 2 is 2.00 bits per heavy atom. The predicted molar refractivity (Wildman–Crippen MR) is 87.1 cm³/mol. The van der Waals surface area contributed by atoms with Crippen molar-refractivity contribution in [3.8, 4) is 5.75 Å². The van der Waals surface area contributed by atoms with Crippen molar-refractivity contribution in [2.45, 2.75) is 64.8 Å². The van der Waals surface area contributed by atoms with E-state index in [0.29, 0.717) is 0 Å². The molecule has 1 aliphatic heterocycles. The standard InChI is InChI=1S/C17H28O2Si/c1-13-8-7-9-16-15(13)11-10-14(19-16)12-18-20(5,6)17(2,3)4/h7-9,14H,10-12H2,1-6H3/t14-/m1/s1. The molecule has 20 heavy (non-hydrogen) atoms. The van der Waals surface area contributed by atoms with Gasteiger partial charge in [-0.25, -0.2) is 0 Å². The number of rotatable bonds is 3. The van der Waals surface area contributed by atoms with Gasteiger partial charge in [-0.3, -0.25) is 0 Å². The van der Waals surface area contributed by atoms with E-state index in [0.717, 1.165) is 25.2 Å². The average Bonchev–Trinajstić information content (AvgIpc) is 2.35. The first-order valence-corrected chi connectivity index (χ1v) is 10.5. The van der Waals surface area contributed by atoms with Crippen molar-refractivity contribution in [2.24, 2.45) is 0 Å². The molecule has 0 amide bonds. The molecule has 0 fully saturated rings. The molecule has 0 bridgehead atoms. The molecule has 1 aliphatic rings. The summed E-state index contributed by atoms with van der Waals surface area (Å²) < 4.78 is 12.4. The Morgan fingerprint density at radius 3 is 2.65 bits per heavy atom. The highest BCUT2D eigenvalue weighted by atomic mass is 28.4. The van der Waals surface area contributed by atoms with Gasteiger partial charge in [0.2, 0.25) is 0 Å². The fourth-order valence-electron chi connectivity index (χ4n) is 2.29. The smallest absolute Gasteiger partial charge is 0.192 e. The third-order valence-corrected chi connectivity index (χ3v) is 9.31. The lowest BCUT2D eigenvalue weighted by atomic mass is 9.98. The summed E-state index contributed by atoms with van der Waals surface area (Å²) in [7, 11) is -1.67. The maximum absolute atomic E-state index is 6.29. The van der Waals surface area contributed by atoms with Crippen LogP contribution in [0.25, 0.3) is 0 Å². The molecule has 0 radical (unpaired) electrons. The van der Waals surface area contributed by atoms with Crippen LogP contribution in [0.15, 0.2) is 18.2 Å². The molecule has 0 unspecified atom stereocenters. The van der Waals surface area contributed by atoms with Gasteiger partial charge in [0.1, 0.15) is 11.9 Å². The molecule has 0 spiro atoms. The Kier molecular flexibility index (Phi) is 4.31. The fourth-order valence-corrected chi connectivity index (χ4v) is 3.32. The van der Waals surface area contributed by atoms with Crippen LogP contribution >= 0.6 is 0 Å². The first-order chi connectivity index (χ1) is 9.21. The van der Waals surface area contributed by atoms with Crippen molar-refractivity contribution in [2.75, 3.05) is 6.61 Å². The van der Waals surface area contributed by atoms with E-state index in [2.05, 4.69) is 59.0 Å². The first-order valence-electron chi connectivity index (χ1n) is 7.60. The maximum Gasteiger partial charge on any atom is 0.192 e. The van der Waals surface area contributed by atoms with E-state index in [1.165, 1.54) is 11.1 Å². The zero-order valence-electron chi connectivity index (χ0n) is 13.7. The van der Waals surface area contributed by atoms with Crippen LogP contribution in [-0.2, 0) is 10.8 Å². The Balaban J connectivity index is 1.98. The van der Waals surface area contributed by atoms with Gasteiger partial charge in [-0.1, -0.05) is 32.9 Å². The highest BCUT2D eigenvalue weighted by molar-refractivity contribution is 6.74. The lowest BCUT2D eigenvalue weighted by Crippen LogP contribution is -2.43. The summed E-state index contributed by atoms with van der Waals surface area (Å²) in [6, 6.07) is 6.32. The van der Waals surface area contributed by atoms with Gasteiger partial charge in [0.05, 0.1) is 6.61 Å².